The van der Waals surface area contributed by atoms with Crippen LogP contribution in [0.3, 0.4) is 0 Å². The third kappa shape index (κ3) is 5.61. The lowest BCUT2D eigenvalue weighted by Gasteiger charge is -2.10. The second kappa shape index (κ2) is 9.24. The molecule has 3 aromatic rings. The predicted molar refractivity (Wildman–Crippen MR) is 107 cm³/mol. The van der Waals surface area contributed by atoms with E-state index in [2.05, 4.69) is 11.4 Å². The molecule has 0 bridgehead atoms. The average molecular weight is 372 g/mol. The molecule has 3 rings (SSSR count). The van der Waals surface area contributed by atoms with Crippen molar-refractivity contribution in [3.63, 3.8) is 0 Å². The zero-order valence-corrected chi connectivity index (χ0v) is 15.5. The number of carbonyl (C=O) groups excluding carboxylic acids is 1. The first kappa shape index (κ1) is 19.0. The Bertz CT molecular complexity index is 991. The molecule has 0 aliphatic rings. The van der Waals surface area contributed by atoms with Crippen molar-refractivity contribution in [3.8, 4) is 17.6 Å². The summed E-state index contributed by atoms with van der Waals surface area (Å²) in [6.45, 7) is 2.25. The molecule has 5 heteroatoms. The van der Waals surface area contributed by atoms with Gasteiger partial charge in [-0.15, -0.1) is 0 Å². The average Bonchev–Trinajstić information content (AvgIpc) is 2.72. The number of nitriles is 1. The minimum Gasteiger partial charge on any atom is -0.489 e. The zero-order chi connectivity index (χ0) is 19.8. The summed E-state index contributed by atoms with van der Waals surface area (Å²) in [6, 6.07) is 24.0. The maximum atomic E-state index is 12.1. The maximum absolute atomic E-state index is 12.1. The summed E-state index contributed by atoms with van der Waals surface area (Å²) in [6.07, 6.45) is 0. The number of anilines is 1. The van der Waals surface area contributed by atoms with Crippen LogP contribution in [0.1, 0.15) is 16.7 Å². The molecule has 0 aliphatic carbocycles. The van der Waals surface area contributed by atoms with Crippen LogP contribution in [0.5, 0.6) is 11.5 Å². The van der Waals surface area contributed by atoms with Gasteiger partial charge in [-0.05, 0) is 48.9 Å². The van der Waals surface area contributed by atoms with Gasteiger partial charge < -0.3 is 14.8 Å². The van der Waals surface area contributed by atoms with Crippen LogP contribution in [0.4, 0.5) is 5.69 Å². The Labute approximate surface area is 164 Å². The fraction of sp³-hybridized carbons (Fsp3) is 0.130. The number of amides is 1. The molecule has 5 nitrogen and oxygen atoms in total. The Morgan fingerprint density at radius 2 is 1.75 bits per heavy atom. The van der Waals surface area contributed by atoms with Crippen LogP contribution in [0.2, 0.25) is 0 Å². The molecule has 0 heterocycles. The standard InChI is InChI=1S/C23H20N2O3/c1-17-8-10-21(11-9-17)28-16-23(26)25-20-6-3-7-22(13-20)27-15-19-5-2-4-18(12-19)14-24/h2-13H,15-16H2,1H3,(H,25,26). The Kier molecular flexibility index (Phi) is 6.27. The molecule has 0 aliphatic heterocycles. The van der Waals surface area contributed by atoms with E-state index >= 15 is 0 Å². The molecule has 1 N–H and O–H groups in total. The highest BCUT2D eigenvalue weighted by Gasteiger charge is 2.05. The highest BCUT2D eigenvalue weighted by Crippen LogP contribution is 2.19. The molecule has 28 heavy (non-hydrogen) atoms. The summed E-state index contributed by atoms with van der Waals surface area (Å²) in [7, 11) is 0. The van der Waals surface area contributed by atoms with E-state index in [0.717, 1.165) is 11.1 Å². The first-order valence-electron chi connectivity index (χ1n) is 8.83. The number of nitrogens with one attached hydrogen (secondary N) is 1. The summed E-state index contributed by atoms with van der Waals surface area (Å²) < 4.78 is 11.2. The normalized spacial score (nSPS) is 10.0. The minimum absolute atomic E-state index is 0.0743. The first-order chi connectivity index (χ1) is 13.6. The van der Waals surface area contributed by atoms with Crippen molar-refractivity contribution in [2.24, 2.45) is 0 Å². The smallest absolute Gasteiger partial charge is 0.262 e. The van der Waals surface area contributed by atoms with Gasteiger partial charge in [-0.3, -0.25) is 4.79 Å². The van der Waals surface area contributed by atoms with Gasteiger partial charge in [-0.2, -0.15) is 5.26 Å². The van der Waals surface area contributed by atoms with Gasteiger partial charge in [0, 0.05) is 11.8 Å². The maximum Gasteiger partial charge on any atom is 0.262 e. The molecule has 1 amide bonds. The summed E-state index contributed by atoms with van der Waals surface area (Å²) >= 11 is 0. The van der Waals surface area contributed by atoms with Crippen LogP contribution in [-0.4, -0.2) is 12.5 Å². The lowest BCUT2D eigenvalue weighted by atomic mass is 10.1. The van der Waals surface area contributed by atoms with Crippen molar-refractivity contribution in [2.75, 3.05) is 11.9 Å². The van der Waals surface area contributed by atoms with Crippen LogP contribution < -0.4 is 14.8 Å². The van der Waals surface area contributed by atoms with E-state index in [1.165, 1.54) is 0 Å². The number of carbonyl (C=O) groups is 1. The van der Waals surface area contributed by atoms with Crippen LogP contribution in [0.25, 0.3) is 0 Å². The SMILES string of the molecule is Cc1ccc(OCC(=O)Nc2cccc(OCc3cccc(C#N)c3)c2)cc1. The summed E-state index contributed by atoms with van der Waals surface area (Å²) in [5.74, 6) is 1.02. The van der Waals surface area contributed by atoms with Crippen molar-refractivity contribution in [2.45, 2.75) is 13.5 Å². The molecule has 140 valence electrons. The molecule has 0 unspecified atom stereocenters. The number of hydrogen-bond donors (Lipinski definition) is 1. The topological polar surface area (TPSA) is 71.3 Å². The molecular weight excluding hydrogens is 352 g/mol. The molecule has 0 aromatic heterocycles. The van der Waals surface area contributed by atoms with Gasteiger partial charge in [0.1, 0.15) is 18.1 Å². The number of rotatable bonds is 7. The van der Waals surface area contributed by atoms with E-state index in [1.54, 1.807) is 30.3 Å². The lowest BCUT2D eigenvalue weighted by Crippen LogP contribution is -2.20. The second-order valence-corrected chi connectivity index (χ2v) is 6.28. The molecule has 0 saturated heterocycles. The fourth-order valence-electron chi connectivity index (χ4n) is 2.54. The van der Waals surface area contributed by atoms with Crippen molar-refractivity contribution in [1.82, 2.24) is 0 Å². The van der Waals surface area contributed by atoms with E-state index in [1.807, 2.05) is 49.4 Å². The Morgan fingerprint density at radius 3 is 2.54 bits per heavy atom. The van der Waals surface area contributed by atoms with Gasteiger partial charge in [-0.25, -0.2) is 0 Å². The molecule has 0 atom stereocenters. The third-order valence-electron chi connectivity index (χ3n) is 3.97. The van der Waals surface area contributed by atoms with Gasteiger partial charge in [-0.1, -0.05) is 35.9 Å². The molecule has 3 aromatic carbocycles. The van der Waals surface area contributed by atoms with E-state index in [9.17, 15) is 4.79 Å². The predicted octanol–water partition coefficient (Wildman–Crippen LogP) is 4.46. The first-order valence-corrected chi connectivity index (χ1v) is 8.83. The molecule has 0 saturated carbocycles. The number of aryl methyl sites for hydroxylation is 1. The number of hydrogen-bond acceptors (Lipinski definition) is 4. The molecule has 0 radical (unpaired) electrons. The van der Waals surface area contributed by atoms with E-state index in [4.69, 9.17) is 14.7 Å². The largest absolute Gasteiger partial charge is 0.489 e. The van der Waals surface area contributed by atoms with Crippen molar-refractivity contribution in [3.05, 3.63) is 89.5 Å². The highest BCUT2D eigenvalue weighted by molar-refractivity contribution is 5.92. The Balaban J connectivity index is 1.53. The molecular formula is C23H20N2O3. The van der Waals surface area contributed by atoms with Crippen LogP contribution in [0, 0.1) is 18.3 Å². The van der Waals surface area contributed by atoms with E-state index in [0.29, 0.717) is 29.4 Å². The zero-order valence-electron chi connectivity index (χ0n) is 15.5. The van der Waals surface area contributed by atoms with Gasteiger partial charge in [0.05, 0.1) is 11.6 Å². The van der Waals surface area contributed by atoms with Crippen molar-refractivity contribution >= 4 is 11.6 Å². The quantitative estimate of drug-likeness (QED) is 0.664. The highest BCUT2D eigenvalue weighted by atomic mass is 16.5. The summed E-state index contributed by atoms with van der Waals surface area (Å²) in [4.78, 5) is 12.1. The van der Waals surface area contributed by atoms with Crippen molar-refractivity contribution in [1.29, 1.82) is 5.26 Å². The third-order valence-corrected chi connectivity index (χ3v) is 3.97. The van der Waals surface area contributed by atoms with Gasteiger partial charge in [0.25, 0.3) is 5.91 Å². The van der Waals surface area contributed by atoms with Crippen LogP contribution in [-0.2, 0) is 11.4 Å². The monoisotopic (exact) mass is 372 g/mol. The lowest BCUT2D eigenvalue weighted by molar-refractivity contribution is -0.118. The summed E-state index contributed by atoms with van der Waals surface area (Å²) in [5, 5.41) is 11.7. The Morgan fingerprint density at radius 1 is 0.964 bits per heavy atom. The van der Waals surface area contributed by atoms with Gasteiger partial charge >= 0.3 is 0 Å². The number of nitrogens with zero attached hydrogens (tertiary/aromatic N) is 1. The fourth-order valence-corrected chi connectivity index (χ4v) is 2.54. The van der Waals surface area contributed by atoms with Gasteiger partial charge in [0.15, 0.2) is 6.61 Å². The van der Waals surface area contributed by atoms with Crippen molar-refractivity contribution < 1.29 is 14.3 Å². The summed E-state index contributed by atoms with van der Waals surface area (Å²) in [5.41, 5.74) is 3.25. The van der Waals surface area contributed by atoms with Gasteiger partial charge in [0.2, 0.25) is 0 Å². The molecule has 0 fully saturated rings. The Hall–Kier alpha value is -3.78. The van der Waals surface area contributed by atoms with Crippen LogP contribution >= 0.6 is 0 Å². The minimum atomic E-state index is -0.251. The van der Waals surface area contributed by atoms with E-state index < -0.39 is 0 Å². The molecule has 0 spiro atoms. The number of benzene rings is 3. The van der Waals surface area contributed by atoms with E-state index in [-0.39, 0.29) is 12.5 Å². The van der Waals surface area contributed by atoms with Crippen LogP contribution in [0.15, 0.2) is 72.8 Å². The number of ether oxygens (including phenoxy) is 2. The second-order valence-electron chi connectivity index (χ2n) is 6.28.